The largest absolute Gasteiger partial charge is 0.478 e. The average Bonchev–Trinajstić information content (AvgIpc) is 2.46. The second-order valence-corrected chi connectivity index (χ2v) is 5.01. The topological polar surface area (TPSA) is 48.8 Å². The number of hydrogen-bond donors (Lipinski definition) is 1. The first-order valence-electron chi connectivity index (χ1n) is 6.87. The second-order valence-electron chi connectivity index (χ2n) is 5.01. The highest BCUT2D eigenvalue weighted by Gasteiger charge is 2.12. The third-order valence-electron chi connectivity index (χ3n) is 3.44. The Hall–Kier alpha value is -1.17. The molecule has 0 saturated carbocycles. The van der Waals surface area contributed by atoms with Gasteiger partial charge in [-0.2, -0.15) is 0 Å². The molecule has 0 radical (unpaired) electrons. The molecule has 5 heteroatoms. The molecule has 1 aromatic heterocycles. The van der Waals surface area contributed by atoms with E-state index >= 15 is 0 Å². The first-order chi connectivity index (χ1) is 9.28. The van der Waals surface area contributed by atoms with Crippen LogP contribution in [0.15, 0.2) is 18.3 Å². The van der Waals surface area contributed by atoms with Crippen molar-refractivity contribution in [3.8, 4) is 5.88 Å². The Bertz CT molecular complexity index is 361. The van der Waals surface area contributed by atoms with Crippen LogP contribution in [-0.4, -0.2) is 66.3 Å². The highest BCUT2D eigenvalue weighted by Crippen LogP contribution is 2.08. The van der Waals surface area contributed by atoms with Gasteiger partial charge in [0.15, 0.2) is 0 Å². The van der Waals surface area contributed by atoms with E-state index in [0.29, 0.717) is 12.5 Å². The zero-order valence-electron chi connectivity index (χ0n) is 11.6. The lowest BCUT2D eigenvalue weighted by Crippen LogP contribution is -2.44. The van der Waals surface area contributed by atoms with Crippen molar-refractivity contribution in [1.29, 1.82) is 0 Å². The third-order valence-corrected chi connectivity index (χ3v) is 3.44. The van der Waals surface area contributed by atoms with E-state index in [2.05, 4.69) is 21.8 Å². The fourth-order valence-corrected chi connectivity index (χ4v) is 2.13. The minimum absolute atomic E-state index is 0.0245. The van der Waals surface area contributed by atoms with Crippen LogP contribution < -0.4 is 4.74 Å². The Balaban J connectivity index is 1.61. The quantitative estimate of drug-likeness (QED) is 0.763. The van der Waals surface area contributed by atoms with E-state index in [9.17, 15) is 0 Å². The number of hydrogen-bond acceptors (Lipinski definition) is 5. The van der Waals surface area contributed by atoms with Gasteiger partial charge < -0.3 is 19.6 Å². The number of aromatic nitrogens is 1. The Morgan fingerprint density at radius 1 is 1.26 bits per heavy atom. The summed E-state index contributed by atoms with van der Waals surface area (Å²) < 4.78 is 5.59. The fraction of sp³-hybridized carbons (Fsp3) is 0.643. The van der Waals surface area contributed by atoms with Gasteiger partial charge in [0.05, 0.1) is 13.2 Å². The molecule has 0 unspecified atom stereocenters. The molecule has 106 valence electrons. The lowest BCUT2D eigenvalue weighted by atomic mass is 10.3. The molecule has 2 heterocycles. The smallest absolute Gasteiger partial charge is 0.213 e. The molecule has 0 aliphatic carbocycles. The Morgan fingerprint density at radius 2 is 2.05 bits per heavy atom. The molecule has 1 fully saturated rings. The number of likely N-dealkylation sites (N-methyl/N-ethyl adjacent to an activating group) is 1. The van der Waals surface area contributed by atoms with E-state index in [1.54, 1.807) is 12.3 Å². The molecule has 1 aliphatic rings. The van der Waals surface area contributed by atoms with E-state index in [0.717, 1.165) is 44.7 Å². The van der Waals surface area contributed by atoms with Crippen LogP contribution in [-0.2, 0) is 6.61 Å². The van der Waals surface area contributed by atoms with Crippen LogP contribution in [0.4, 0.5) is 0 Å². The zero-order chi connectivity index (χ0) is 13.5. The van der Waals surface area contributed by atoms with Crippen molar-refractivity contribution in [2.45, 2.75) is 13.0 Å². The number of rotatable bonds is 6. The summed E-state index contributed by atoms with van der Waals surface area (Å²) in [7, 11) is 2.17. The molecule has 1 saturated heterocycles. The molecule has 1 aromatic rings. The summed E-state index contributed by atoms with van der Waals surface area (Å²) in [5.74, 6) is 0.635. The molecule has 0 aromatic carbocycles. The Morgan fingerprint density at radius 3 is 2.68 bits per heavy atom. The van der Waals surface area contributed by atoms with E-state index < -0.39 is 0 Å². The van der Waals surface area contributed by atoms with Crippen LogP contribution >= 0.6 is 0 Å². The van der Waals surface area contributed by atoms with E-state index in [1.807, 2.05) is 6.07 Å². The van der Waals surface area contributed by atoms with Gasteiger partial charge in [-0.1, -0.05) is 0 Å². The number of aliphatic hydroxyl groups is 1. The fourth-order valence-electron chi connectivity index (χ4n) is 2.13. The Labute approximate surface area is 114 Å². The molecule has 1 aliphatic heterocycles. The molecular formula is C14H23N3O2. The maximum atomic E-state index is 8.92. The van der Waals surface area contributed by atoms with Gasteiger partial charge >= 0.3 is 0 Å². The van der Waals surface area contributed by atoms with Crippen molar-refractivity contribution in [1.82, 2.24) is 14.8 Å². The van der Waals surface area contributed by atoms with Crippen molar-refractivity contribution < 1.29 is 9.84 Å². The van der Waals surface area contributed by atoms with Crippen LogP contribution in [0, 0.1) is 0 Å². The van der Waals surface area contributed by atoms with E-state index in [-0.39, 0.29) is 6.61 Å². The minimum Gasteiger partial charge on any atom is -0.478 e. The highest BCUT2D eigenvalue weighted by atomic mass is 16.5. The van der Waals surface area contributed by atoms with E-state index in [4.69, 9.17) is 9.84 Å². The minimum atomic E-state index is 0.0245. The molecule has 0 amide bonds. The molecule has 0 bridgehead atoms. The van der Waals surface area contributed by atoms with Crippen LogP contribution in [0.25, 0.3) is 0 Å². The van der Waals surface area contributed by atoms with Crippen LogP contribution in [0.1, 0.15) is 12.0 Å². The van der Waals surface area contributed by atoms with Gasteiger partial charge in [-0.25, -0.2) is 4.98 Å². The van der Waals surface area contributed by atoms with Gasteiger partial charge in [0.2, 0.25) is 5.88 Å². The molecule has 19 heavy (non-hydrogen) atoms. The standard InChI is InChI=1S/C14H23N3O2/c1-16-6-8-17(9-7-16)5-2-10-19-14-4-3-13(12-18)11-15-14/h3-4,11,18H,2,5-10,12H2,1H3. The van der Waals surface area contributed by atoms with Gasteiger partial charge in [0.1, 0.15) is 0 Å². The maximum absolute atomic E-state index is 8.92. The predicted molar refractivity (Wildman–Crippen MR) is 74.2 cm³/mol. The van der Waals surface area contributed by atoms with Crippen molar-refractivity contribution in [2.75, 3.05) is 46.4 Å². The van der Waals surface area contributed by atoms with E-state index in [1.165, 1.54) is 0 Å². The molecule has 2 rings (SSSR count). The first-order valence-corrected chi connectivity index (χ1v) is 6.87. The van der Waals surface area contributed by atoms with Crippen molar-refractivity contribution in [3.05, 3.63) is 23.9 Å². The van der Waals surface area contributed by atoms with Crippen molar-refractivity contribution in [3.63, 3.8) is 0 Å². The van der Waals surface area contributed by atoms with Gasteiger partial charge in [-0.15, -0.1) is 0 Å². The molecule has 5 nitrogen and oxygen atoms in total. The number of aliphatic hydroxyl groups excluding tert-OH is 1. The summed E-state index contributed by atoms with van der Waals surface area (Å²) in [4.78, 5) is 8.98. The second kappa shape index (κ2) is 7.43. The highest BCUT2D eigenvalue weighted by molar-refractivity contribution is 5.16. The third kappa shape index (κ3) is 4.78. The summed E-state index contributed by atoms with van der Waals surface area (Å²) in [6.07, 6.45) is 2.67. The maximum Gasteiger partial charge on any atom is 0.213 e. The zero-order valence-corrected chi connectivity index (χ0v) is 11.6. The van der Waals surface area contributed by atoms with Crippen LogP contribution in [0.5, 0.6) is 5.88 Å². The predicted octanol–water partition coefficient (Wildman–Crippen LogP) is 0.590. The number of ether oxygens (including phenoxy) is 1. The Kier molecular flexibility index (Phi) is 5.57. The SMILES string of the molecule is CN1CCN(CCCOc2ccc(CO)cn2)CC1. The summed E-state index contributed by atoms with van der Waals surface area (Å²) >= 11 is 0. The van der Waals surface area contributed by atoms with Gasteiger partial charge in [-0.3, -0.25) is 0 Å². The molecule has 1 N–H and O–H groups in total. The summed E-state index contributed by atoms with van der Waals surface area (Å²) in [5, 5.41) is 8.92. The summed E-state index contributed by atoms with van der Waals surface area (Å²) in [6.45, 7) is 6.42. The van der Waals surface area contributed by atoms with Gasteiger partial charge in [0.25, 0.3) is 0 Å². The monoisotopic (exact) mass is 265 g/mol. The van der Waals surface area contributed by atoms with Gasteiger partial charge in [-0.05, 0) is 25.1 Å². The average molecular weight is 265 g/mol. The number of pyridine rings is 1. The number of piperazine rings is 1. The summed E-state index contributed by atoms with van der Waals surface area (Å²) in [6, 6.07) is 3.64. The molecule has 0 spiro atoms. The number of nitrogens with zero attached hydrogens (tertiary/aromatic N) is 3. The molecule has 0 atom stereocenters. The van der Waals surface area contributed by atoms with Crippen molar-refractivity contribution in [2.24, 2.45) is 0 Å². The van der Waals surface area contributed by atoms with Gasteiger partial charge in [0, 0.05) is 45.0 Å². The summed E-state index contributed by atoms with van der Waals surface area (Å²) in [5.41, 5.74) is 0.810. The van der Waals surface area contributed by atoms with Crippen LogP contribution in [0.3, 0.4) is 0 Å². The van der Waals surface area contributed by atoms with Crippen LogP contribution in [0.2, 0.25) is 0 Å². The lowest BCUT2D eigenvalue weighted by Gasteiger charge is -2.32. The lowest BCUT2D eigenvalue weighted by molar-refractivity contribution is 0.145. The van der Waals surface area contributed by atoms with Crippen molar-refractivity contribution >= 4 is 0 Å². The normalized spacial score (nSPS) is 17.6. The first kappa shape index (κ1) is 14.2. The molecular weight excluding hydrogens is 242 g/mol.